The highest BCUT2D eigenvalue weighted by Gasteiger charge is 2.12. The third-order valence-electron chi connectivity index (χ3n) is 3.45. The zero-order valence-corrected chi connectivity index (χ0v) is 14.2. The zero-order valence-electron chi connectivity index (χ0n) is 12.7. The van der Waals surface area contributed by atoms with Crippen LogP contribution in [-0.4, -0.2) is 30.2 Å². The van der Waals surface area contributed by atoms with E-state index in [0.29, 0.717) is 0 Å². The van der Waals surface area contributed by atoms with E-state index in [0.717, 1.165) is 6.67 Å². The van der Waals surface area contributed by atoms with Crippen LogP contribution in [0.15, 0.2) is 12.4 Å². The van der Waals surface area contributed by atoms with E-state index < -0.39 is 0 Å². The summed E-state index contributed by atoms with van der Waals surface area (Å²) in [6, 6.07) is 0. The molecule has 1 atom stereocenters. The fourth-order valence-electron chi connectivity index (χ4n) is 2.29. The lowest BCUT2D eigenvalue weighted by molar-refractivity contribution is -0.834. The summed E-state index contributed by atoms with van der Waals surface area (Å²) in [6.07, 6.45) is 15.9. The van der Waals surface area contributed by atoms with Crippen LogP contribution in [0.5, 0.6) is 0 Å². The zero-order chi connectivity index (χ0) is 13.1. The van der Waals surface area contributed by atoms with Crippen molar-refractivity contribution in [3.63, 3.8) is 0 Å². The van der Waals surface area contributed by atoms with Crippen LogP contribution in [0.3, 0.4) is 0 Å². The molecule has 114 valence electrons. The topological polar surface area (TPSA) is 7.68 Å². The smallest absolute Gasteiger partial charge is 0.157 e. The molecular weight excluding hydrogens is 276 g/mol. The Labute approximate surface area is 130 Å². The Hall–Kier alpha value is 0.140. The van der Waals surface area contributed by atoms with Gasteiger partial charge in [-0.25, -0.2) is 0 Å². The first-order valence-electron chi connectivity index (χ1n) is 7.64. The van der Waals surface area contributed by atoms with E-state index >= 15 is 0 Å². The normalized spacial score (nSPS) is 17.8. The molecule has 2 nitrogen and oxygen atoms in total. The summed E-state index contributed by atoms with van der Waals surface area (Å²) >= 11 is 2.11. The number of unbranched alkanes of at least 4 members (excludes halogenated alkanes) is 7. The van der Waals surface area contributed by atoms with Crippen LogP contribution in [0, 0.1) is 0 Å². The summed E-state index contributed by atoms with van der Waals surface area (Å²) < 4.78 is 0. The summed E-state index contributed by atoms with van der Waals surface area (Å²) in [7, 11) is 2.15. The molecule has 0 radical (unpaired) electrons. The lowest BCUT2D eigenvalue weighted by atomic mass is 10.1. The first kappa shape index (κ1) is 19.1. The second-order valence-electron chi connectivity index (χ2n) is 5.42. The molecule has 1 aliphatic heterocycles. The van der Waals surface area contributed by atoms with Gasteiger partial charge in [0.1, 0.15) is 12.1 Å². The van der Waals surface area contributed by atoms with Crippen molar-refractivity contribution >= 4 is 11.8 Å². The molecule has 1 aliphatic rings. The third-order valence-corrected chi connectivity index (χ3v) is 4.60. The Morgan fingerprint density at radius 2 is 1.68 bits per heavy atom. The van der Waals surface area contributed by atoms with Crippen LogP contribution >= 0.6 is 11.8 Å². The minimum Gasteiger partial charge on any atom is -1.00 e. The maximum Gasteiger partial charge on any atom is 0.157 e. The molecule has 0 aliphatic carbocycles. The van der Waals surface area contributed by atoms with E-state index in [2.05, 4.69) is 43.0 Å². The van der Waals surface area contributed by atoms with Gasteiger partial charge in [0.05, 0.1) is 6.20 Å². The van der Waals surface area contributed by atoms with Crippen LogP contribution in [0.2, 0.25) is 0 Å². The van der Waals surface area contributed by atoms with Crippen molar-refractivity contribution in [1.82, 2.24) is 4.90 Å². The summed E-state index contributed by atoms with van der Waals surface area (Å²) in [5, 5.41) is 0. The molecular formula is C15H31ClN2S. The van der Waals surface area contributed by atoms with Crippen LogP contribution in [0.4, 0.5) is 0 Å². The quantitative estimate of drug-likeness (QED) is 0.541. The molecule has 0 fully saturated rings. The summed E-state index contributed by atoms with van der Waals surface area (Å²) in [4.78, 5) is 3.84. The molecule has 0 aromatic heterocycles. The predicted molar refractivity (Wildman–Crippen MR) is 82.7 cm³/mol. The molecule has 1 N–H and O–H groups in total. The molecule has 0 saturated heterocycles. The fourth-order valence-corrected chi connectivity index (χ4v) is 3.30. The number of quaternary nitrogens is 1. The maximum absolute atomic E-state index is 2.28. The van der Waals surface area contributed by atoms with Gasteiger partial charge in [0.15, 0.2) is 6.67 Å². The van der Waals surface area contributed by atoms with E-state index in [1.807, 2.05) is 0 Å². The average molecular weight is 307 g/mol. The number of nitrogens with zero attached hydrogens (tertiary/aromatic N) is 1. The molecule has 0 aromatic carbocycles. The van der Waals surface area contributed by atoms with Gasteiger partial charge in [-0.3, -0.25) is 4.90 Å². The number of thioether (sulfide) groups is 1. The van der Waals surface area contributed by atoms with Gasteiger partial charge >= 0.3 is 0 Å². The molecule has 0 aromatic rings. The Morgan fingerprint density at radius 1 is 1.05 bits per heavy atom. The molecule has 0 spiro atoms. The maximum atomic E-state index is 2.28. The highest BCUT2D eigenvalue weighted by Crippen LogP contribution is 2.10. The van der Waals surface area contributed by atoms with E-state index in [-0.39, 0.29) is 12.4 Å². The lowest BCUT2D eigenvalue weighted by Gasteiger charge is -2.12. The summed E-state index contributed by atoms with van der Waals surface area (Å²) in [6.45, 7) is 3.43. The van der Waals surface area contributed by atoms with Gasteiger partial charge in [0.25, 0.3) is 0 Å². The number of halogens is 1. The summed E-state index contributed by atoms with van der Waals surface area (Å²) in [5.74, 6) is 2.58. The molecule has 1 unspecified atom stereocenters. The molecule has 4 heteroatoms. The number of hydrogen-bond acceptors (Lipinski definition) is 2. The summed E-state index contributed by atoms with van der Waals surface area (Å²) in [5.41, 5.74) is 0. The van der Waals surface area contributed by atoms with Gasteiger partial charge in [-0.05, 0) is 12.2 Å². The molecule has 0 bridgehead atoms. The van der Waals surface area contributed by atoms with Crippen molar-refractivity contribution < 1.29 is 17.3 Å². The Balaban J connectivity index is 0.00000324. The van der Waals surface area contributed by atoms with E-state index in [1.54, 1.807) is 4.90 Å². The van der Waals surface area contributed by atoms with Crippen molar-refractivity contribution in [3.8, 4) is 0 Å². The average Bonchev–Trinajstić information content (AvgIpc) is 2.77. The third kappa shape index (κ3) is 10.6. The number of hydrogen-bond donors (Lipinski definition) is 1. The minimum absolute atomic E-state index is 0. The lowest BCUT2D eigenvalue weighted by Crippen LogP contribution is -3.06. The van der Waals surface area contributed by atoms with Crippen LogP contribution in [-0.2, 0) is 0 Å². The second-order valence-corrected chi connectivity index (χ2v) is 6.52. The van der Waals surface area contributed by atoms with Crippen LogP contribution in [0.1, 0.15) is 58.3 Å². The number of rotatable bonds is 11. The van der Waals surface area contributed by atoms with E-state index in [4.69, 9.17) is 0 Å². The van der Waals surface area contributed by atoms with Gasteiger partial charge in [-0.1, -0.05) is 51.9 Å². The van der Waals surface area contributed by atoms with Crippen LogP contribution < -0.4 is 17.3 Å². The van der Waals surface area contributed by atoms with Gasteiger partial charge in [0.2, 0.25) is 0 Å². The molecule has 0 saturated carbocycles. The standard InChI is InChI=1S/C15H30N2S.ClH/c1-3-4-5-6-7-8-9-10-13-18-15-17-12-11-16(2)14-17;/h11-12H,3-10,13-15H2,1-2H3;1H. The van der Waals surface area contributed by atoms with Gasteiger partial charge in [-0.2, -0.15) is 0 Å². The molecule has 0 amide bonds. The van der Waals surface area contributed by atoms with Crippen molar-refractivity contribution in [2.24, 2.45) is 0 Å². The van der Waals surface area contributed by atoms with Gasteiger partial charge < -0.3 is 17.3 Å². The molecule has 1 rings (SSSR count). The van der Waals surface area contributed by atoms with Crippen molar-refractivity contribution in [2.75, 3.05) is 25.3 Å². The SMILES string of the molecule is CCCCCCCCCCSC[NH+]1C=CN(C)C1.[Cl-]. The van der Waals surface area contributed by atoms with Crippen molar-refractivity contribution in [2.45, 2.75) is 58.3 Å². The van der Waals surface area contributed by atoms with E-state index in [9.17, 15) is 0 Å². The molecule has 19 heavy (non-hydrogen) atoms. The van der Waals surface area contributed by atoms with E-state index in [1.165, 1.54) is 63.0 Å². The largest absolute Gasteiger partial charge is 1.00 e. The van der Waals surface area contributed by atoms with Crippen molar-refractivity contribution in [3.05, 3.63) is 12.4 Å². The Kier molecular flexibility index (Phi) is 13.2. The van der Waals surface area contributed by atoms with Gasteiger partial charge in [-0.15, -0.1) is 11.8 Å². The molecule has 1 heterocycles. The second kappa shape index (κ2) is 13.1. The highest BCUT2D eigenvalue weighted by molar-refractivity contribution is 7.99. The monoisotopic (exact) mass is 306 g/mol. The Morgan fingerprint density at radius 3 is 2.26 bits per heavy atom. The highest BCUT2D eigenvalue weighted by atomic mass is 35.5. The van der Waals surface area contributed by atoms with Gasteiger partial charge in [0, 0.05) is 7.05 Å². The Bertz CT molecular complexity index is 224. The first-order valence-corrected chi connectivity index (χ1v) is 8.79. The minimum atomic E-state index is 0. The van der Waals surface area contributed by atoms with Crippen LogP contribution in [0.25, 0.3) is 0 Å². The first-order chi connectivity index (χ1) is 8.83. The fraction of sp³-hybridized carbons (Fsp3) is 0.867. The van der Waals surface area contributed by atoms with Crippen molar-refractivity contribution in [1.29, 1.82) is 0 Å². The predicted octanol–water partition coefficient (Wildman–Crippen LogP) is 0.0808. The number of nitrogens with one attached hydrogen (secondary N) is 1.